The smallest absolute Gasteiger partial charge is 0.262 e. The molecule has 3 aromatic carbocycles. The number of ether oxygens (including phenoxy) is 1. The minimum absolute atomic E-state index is 0.0131. The van der Waals surface area contributed by atoms with Crippen LogP contribution in [0.15, 0.2) is 72.8 Å². The zero-order chi connectivity index (χ0) is 23.2. The molecule has 0 unspecified atom stereocenters. The first-order chi connectivity index (χ1) is 16.0. The number of fused-ring (bicyclic) bond motifs is 1. The molecule has 0 aliphatic carbocycles. The van der Waals surface area contributed by atoms with Crippen LogP contribution >= 0.6 is 0 Å². The van der Waals surface area contributed by atoms with Crippen LogP contribution in [-0.2, 0) is 18.3 Å². The van der Waals surface area contributed by atoms with Crippen LogP contribution in [0.3, 0.4) is 0 Å². The van der Waals surface area contributed by atoms with Crippen molar-refractivity contribution in [3.63, 3.8) is 0 Å². The van der Waals surface area contributed by atoms with Crippen molar-refractivity contribution in [2.24, 2.45) is 7.05 Å². The lowest BCUT2D eigenvalue weighted by atomic mass is 10.2. The molecule has 0 fully saturated rings. The topological polar surface area (TPSA) is 85.3 Å². The molecule has 0 saturated carbocycles. The number of anilines is 1. The van der Waals surface area contributed by atoms with Gasteiger partial charge < -0.3 is 19.9 Å². The third kappa shape index (κ3) is 5.35. The van der Waals surface area contributed by atoms with Gasteiger partial charge in [0, 0.05) is 25.7 Å². The molecule has 33 heavy (non-hydrogen) atoms. The van der Waals surface area contributed by atoms with E-state index in [0.717, 1.165) is 16.9 Å². The van der Waals surface area contributed by atoms with Crippen LogP contribution < -0.4 is 15.4 Å². The van der Waals surface area contributed by atoms with Crippen LogP contribution in [0.4, 0.5) is 10.1 Å². The number of aryl methyl sites for hydroxylation is 1. The van der Waals surface area contributed by atoms with Crippen LogP contribution in [0.1, 0.15) is 16.2 Å². The Labute approximate surface area is 190 Å². The second-order valence-electron chi connectivity index (χ2n) is 7.43. The molecule has 0 aliphatic heterocycles. The van der Waals surface area contributed by atoms with Crippen LogP contribution in [0.25, 0.3) is 11.0 Å². The maximum atomic E-state index is 13.7. The Morgan fingerprint density at radius 2 is 1.79 bits per heavy atom. The van der Waals surface area contributed by atoms with Gasteiger partial charge in [-0.15, -0.1) is 0 Å². The number of imidazole rings is 1. The highest BCUT2D eigenvalue weighted by atomic mass is 19.1. The molecular formula is C25H23FN4O3. The van der Waals surface area contributed by atoms with Crippen molar-refractivity contribution in [2.75, 3.05) is 18.5 Å². The monoisotopic (exact) mass is 446 g/mol. The second-order valence-corrected chi connectivity index (χ2v) is 7.43. The number of carbonyl (C=O) groups excluding carboxylic acids is 2. The third-order valence-electron chi connectivity index (χ3n) is 5.12. The summed E-state index contributed by atoms with van der Waals surface area (Å²) < 4.78 is 21.1. The van der Waals surface area contributed by atoms with Gasteiger partial charge >= 0.3 is 0 Å². The van der Waals surface area contributed by atoms with E-state index in [4.69, 9.17) is 4.74 Å². The second kappa shape index (κ2) is 9.95. The summed E-state index contributed by atoms with van der Waals surface area (Å²) in [5, 5.41) is 5.53. The summed E-state index contributed by atoms with van der Waals surface area (Å²) in [6, 6.07) is 20.4. The van der Waals surface area contributed by atoms with Crippen molar-refractivity contribution < 1.29 is 18.7 Å². The first-order valence-electron chi connectivity index (χ1n) is 10.5. The summed E-state index contributed by atoms with van der Waals surface area (Å²) in [6.07, 6.45) is 0.470. The molecule has 2 N–H and O–H groups in total. The maximum absolute atomic E-state index is 13.7. The Bertz CT molecular complexity index is 1290. The average Bonchev–Trinajstić information content (AvgIpc) is 3.13. The summed E-state index contributed by atoms with van der Waals surface area (Å²) >= 11 is 0. The van der Waals surface area contributed by atoms with E-state index in [2.05, 4.69) is 15.6 Å². The standard InChI is InChI=1S/C25H23FN4O3/c1-30-22-12-11-17(28-24(31)16-33-18-7-3-2-4-8-18)15-21(22)29-23(30)13-14-27-25(32)19-9-5-6-10-20(19)26/h2-12,15H,13-14,16H2,1H3,(H,27,32)(H,28,31). The summed E-state index contributed by atoms with van der Waals surface area (Å²) in [6.45, 7) is 0.210. The molecule has 7 nitrogen and oxygen atoms in total. The molecule has 0 bridgehead atoms. The predicted octanol–water partition coefficient (Wildman–Crippen LogP) is 3.70. The molecule has 0 aliphatic rings. The van der Waals surface area contributed by atoms with E-state index in [1.807, 2.05) is 35.9 Å². The van der Waals surface area contributed by atoms with Crippen LogP contribution in [0, 0.1) is 5.82 Å². The van der Waals surface area contributed by atoms with Gasteiger partial charge in [-0.1, -0.05) is 30.3 Å². The molecule has 1 heterocycles. The molecule has 8 heteroatoms. The number of nitrogens with one attached hydrogen (secondary N) is 2. The Kier molecular flexibility index (Phi) is 6.64. The zero-order valence-corrected chi connectivity index (χ0v) is 18.0. The molecule has 4 aromatic rings. The lowest BCUT2D eigenvalue weighted by Gasteiger charge is -2.07. The fourth-order valence-electron chi connectivity index (χ4n) is 3.44. The normalized spacial score (nSPS) is 10.7. The lowest BCUT2D eigenvalue weighted by Crippen LogP contribution is -2.27. The SMILES string of the molecule is Cn1c(CCNC(=O)c2ccccc2F)nc2cc(NC(=O)COc3ccccc3)ccc21. The van der Waals surface area contributed by atoms with Gasteiger partial charge in [-0.25, -0.2) is 9.37 Å². The molecule has 0 radical (unpaired) electrons. The van der Waals surface area contributed by atoms with E-state index in [1.54, 1.807) is 36.4 Å². The zero-order valence-electron chi connectivity index (χ0n) is 18.0. The molecule has 2 amide bonds. The highest BCUT2D eigenvalue weighted by molar-refractivity contribution is 5.95. The van der Waals surface area contributed by atoms with Gasteiger partial charge in [-0.05, 0) is 42.5 Å². The number of carbonyl (C=O) groups is 2. The fraction of sp³-hybridized carbons (Fsp3) is 0.160. The van der Waals surface area contributed by atoms with Gasteiger partial charge in [0.2, 0.25) is 0 Å². The van der Waals surface area contributed by atoms with Crippen molar-refractivity contribution in [3.8, 4) is 5.75 Å². The number of benzene rings is 3. The summed E-state index contributed by atoms with van der Waals surface area (Å²) in [5.41, 5.74) is 2.24. The number of halogens is 1. The number of hydrogen-bond donors (Lipinski definition) is 2. The van der Waals surface area contributed by atoms with E-state index < -0.39 is 11.7 Å². The molecule has 0 saturated heterocycles. The quantitative estimate of drug-likeness (QED) is 0.432. The van der Waals surface area contributed by atoms with Gasteiger partial charge in [0.1, 0.15) is 17.4 Å². The van der Waals surface area contributed by atoms with Crippen molar-refractivity contribution in [1.29, 1.82) is 0 Å². The average molecular weight is 446 g/mol. The highest BCUT2D eigenvalue weighted by Gasteiger charge is 2.13. The van der Waals surface area contributed by atoms with Crippen molar-refractivity contribution in [2.45, 2.75) is 6.42 Å². The van der Waals surface area contributed by atoms with Gasteiger partial charge in [0.05, 0.1) is 16.6 Å². The fourth-order valence-corrected chi connectivity index (χ4v) is 3.44. The van der Waals surface area contributed by atoms with Crippen LogP contribution in [0.2, 0.25) is 0 Å². The Morgan fingerprint density at radius 3 is 2.58 bits per heavy atom. The predicted molar refractivity (Wildman–Crippen MR) is 124 cm³/mol. The lowest BCUT2D eigenvalue weighted by molar-refractivity contribution is -0.118. The molecule has 0 spiro atoms. The van der Waals surface area contributed by atoms with E-state index in [9.17, 15) is 14.0 Å². The first-order valence-corrected chi connectivity index (χ1v) is 10.5. The minimum atomic E-state index is -0.554. The molecule has 168 valence electrons. The molecule has 4 rings (SSSR count). The molecule has 0 atom stereocenters. The summed E-state index contributed by atoms with van der Waals surface area (Å²) in [5.74, 6) is 0.0931. The third-order valence-corrected chi connectivity index (χ3v) is 5.12. The van der Waals surface area contributed by atoms with Crippen molar-refractivity contribution in [3.05, 3.63) is 90.0 Å². The number of hydrogen-bond acceptors (Lipinski definition) is 4. The van der Waals surface area contributed by atoms with E-state index >= 15 is 0 Å². The van der Waals surface area contributed by atoms with Gasteiger partial charge in [0.25, 0.3) is 11.8 Å². The summed E-state index contributed by atoms with van der Waals surface area (Å²) in [4.78, 5) is 29.0. The van der Waals surface area contributed by atoms with E-state index in [1.165, 1.54) is 12.1 Å². The van der Waals surface area contributed by atoms with Gasteiger partial charge in [-0.2, -0.15) is 0 Å². The number of aromatic nitrogens is 2. The number of amides is 2. The Hall–Kier alpha value is -4.20. The van der Waals surface area contributed by atoms with E-state index in [-0.39, 0.29) is 18.1 Å². The molecule has 1 aromatic heterocycles. The summed E-state index contributed by atoms with van der Waals surface area (Å²) in [7, 11) is 1.88. The van der Waals surface area contributed by atoms with E-state index in [0.29, 0.717) is 24.4 Å². The van der Waals surface area contributed by atoms with Gasteiger partial charge in [-0.3, -0.25) is 9.59 Å². The first kappa shape index (κ1) is 22.0. The number of para-hydroxylation sites is 1. The highest BCUT2D eigenvalue weighted by Crippen LogP contribution is 2.20. The van der Waals surface area contributed by atoms with Crippen molar-refractivity contribution >= 4 is 28.5 Å². The number of nitrogens with zero attached hydrogens (tertiary/aromatic N) is 2. The maximum Gasteiger partial charge on any atom is 0.262 e. The van der Waals surface area contributed by atoms with Gasteiger partial charge in [0.15, 0.2) is 6.61 Å². The minimum Gasteiger partial charge on any atom is -0.484 e. The Balaban J connectivity index is 1.35. The van der Waals surface area contributed by atoms with Crippen LogP contribution in [-0.4, -0.2) is 34.5 Å². The van der Waals surface area contributed by atoms with Crippen LogP contribution in [0.5, 0.6) is 5.75 Å². The number of rotatable bonds is 8. The molecular weight excluding hydrogens is 423 g/mol. The van der Waals surface area contributed by atoms with Crippen molar-refractivity contribution in [1.82, 2.24) is 14.9 Å². The largest absolute Gasteiger partial charge is 0.484 e. The Morgan fingerprint density at radius 1 is 1.03 bits per heavy atom.